The van der Waals surface area contributed by atoms with Crippen molar-refractivity contribution >= 4 is 5.84 Å². The van der Waals surface area contributed by atoms with Crippen LogP contribution in [0, 0.1) is 0 Å². The van der Waals surface area contributed by atoms with Gasteiger partial charge in [-0.1, -0.05) is 60.7 Å². The third kappa shape index (κ3) is 3.45. The molecule has 2 aromatic carbocycles. The average molecular weight is 238 g/mol. The predicted octanol–water partition coefficient (Wildman–Crippen LogP) is 3.24. The summed E-state index contributed by atoms with van der Waals surface area (Å²) in [6.45, 7) is 3.67. The fourth-order valence-electron chi connectivity index (χ4n) is 1.77. The van der Waals surface area contributed by atoms with E-state index in [1.54, 1.807) is 0 Å². The van der Waals surface area contributed by atoms with Crippen LogP contribution in [0.4, 0.5) is 0 Å². The van der Waals surface area contributed by atoms with Gasteiger partial charge in [0.15, 0.2) is 0 Å². The van der Waals surface area contributed by atoms with Crippen molar-refractivity contribution in [1.29, 1.82) is 0 Å². The van der Waals surface area contributed by atoms with Crippen molar-refractivity contribution in [3.8, 4) is 0 Å². The Kier molecular flexibility index (Phi) is 4.53. The molecule has 0 radical (unpaired) electrons. The molecule has 0 fully saturated rings. The van der Waals surface area contributed by atoms with Crippen LogP contribution >= 0.6 is 0 Å². The van der Waals surface area contributed by atoms with Gasteiger partial charge in [0.05, 0.1) is 6.54 Å². The van der Waals surface area contributed by atoms with Gasteiger partial charge in [-0.25, -0.2) is 0 Å². The van der Waals surface area contributed by atoms with Gasteiger partial charge >= 0.3 is 0 Å². The Hall–Kier alpha value is -2.09. The summed E-state index contributed by atoms with van der Waals surface area (Å²) in [5.41, 5.74) is 2.36. The minimum absolute atomic E-state index is 0.706. The fraction of sp³-hybridized carbons (Fsp3) is 0.188. The van der Waals surface area contributed by atoms with Crippen LogP contribution in [0.5, 0.6) is 0 Å². The van der Waals surface area contributed by atoms with Gasteiger partial charge < -0.3 is 5.32 Å². The number of nitrogens with one attached hydrogen (secondary N) is 1. The maximum Gasteiger partial charge on any atom is 0.128 e. The monoisotopic (exact) mass is 238 g/mol. The summed E-state index contributed by atoms with van der Waals surface area (Å²) in [7, 11) is 0. The quantitative estimate of drug-likeness (QED) is 0.642. The van der Waals surface area contributed by atoms with E-state index < -0.39 is 0 Å². The lowest BCUT2D eigenvalue weighted by Gasteiger charge is -2.08. The van der Waals surface area contributed by atoms with E-state index in [9.17, 15) is 0 Å². The molecule has 2 heteroatoms. The molecule has 0 aliphatic carbocycles. The molecule has 2 aromatic rings. The Morgan fingerprint density at radius 2 is 1.56 bits per heavy atom. The first-order valence-corrected chi connectivity index (χ1v) is 6.28. The molecule has 1 N–H and O–H groups in total. The maximum absolute atomic E-state index is 4.66. The molecule has 0 saturated heterocycles. The van der Waals surface area contributed by atoms with Crippen LogP contribution in [0.3, 0.4) is 0 Å². The third-order valence-corrected chi connectivity index (χ3v) is 2.65. The van der Waals surface area contributed by atoms with Gasteiger partial charge in [-0.2, -0.15) is 0 Å². The van der Waals surface area contributed by atoms with Crippen LogP contribution in [0.25, 0.3) is 0 Å². The van der Waals surface area contributed by atoms with Crippen molar-refractivity contribution in [2.24, 2.45) is 4.99 Å². The minimum atomic E-state index is 0.706. The second-order valence-electron chi connectivity index (χ2n) is 4.05. The van der Waals surface area contributed by atoms with E-state index in [-0.39, 0.29) is 0 Å². The Morgan fingerprint density at radius 3 is 2.17 bits per heavy atom. The lowest BCUT2D eigenvalue weighted by molar-refractivity contribution is 0.938. The lowest BCUT2D eigenvalue weighted by atomic mass is 10.2. The number of nitrogens with zero attached hydrogens (tertiary/aromatic N) is 1. The molecule has 0 bridgehead atoms. The fourth-order valence-corrected chi connectivity index (χ4v) is 1.77. The second-order valence-corrected chi connectivity index (χ2v) is 4.05. The molecule has 0 saturated carbocycles. The Labute approximate surface area is 108 Å². The number of hydrogen-bond donors (Lipinski definition) is 1. The summed E-state index contributed by atoms with van der Waals surface area (Å²) < 4.78 is 0. The van der Waals surface area contributed by atoms with Crippen molar-refractivity contribution in [3.05, 3.63) is 71.8 Å². The summed E-state index contributed by atoms with van der Waals surface area (Å²) in [6, 6.07) is 20.5. The summed E-state index contributed by atoms with van der Waals surface area (Å²) in [5.74, 6) is 0.960. The smallest absolute Gasteiger partial charge is 0.128 e. The van der Waals surface area contributed by atoms with Crippen LogP contribution in [0.15, 0.2) is 65.7 Å². The zero-order valence-corrected chi connectivity index (χ0v) is 10.6. The van der Waals surface area contributed by atoms with Gasteiger partial charge in [-0.05, 0) is 12.5 Å². The topological polar surface area (TPSA) is 24.4 Å². The van der Waals surface area contributed by atoms with Gasteiger partial charge in [-0.3, -0.25) is 4.99 Å². The van der Waals surface area contributed by atoms with E-state index in [0.29, 0.717) is 6.54 Å². The number of hydrogen-bond acceptors (Lipinski definition) is 1. The molecular formula is C16H18N2. The normalized spacial score (nSPS) is 11.3. The average Bonchev–Trinajstić information content (AvgIpc) is 2.45. The molecule has 0 aromatic heterocycles. The SMILES string of the molecule is CCNC(=NCc1ccccc1)c1ccccc1. The van der Waals surface area contributed by atoms with Crippen LogP contribution in [0.2, 0.25) is 0 Å². The Bertz CT molecular complexity index is 489. The largest absolute Gasteiger partial charge is 0.370 e. The first-order valence-electron chi connectivity index (χ1n) is 6.28. The molecule has 0 amide bonds. The molecule has 0 spiro atoms. The number of aliphatic imine (C=N–C) groups is 1. The van der Waals surface area contributed by atoms with Crippen LogP contribution in [0.1, 0.15) is 18.1 Å². The summed E-state index contributed by atoms with van der Waals surface area (Å²) in [5, 5.41) is 3.32. The van der Waals surface area contributed by atoms with Crippen molar-refractivity contribution in [2.45, 2.75) is 13.5 Å². The van der Waals surface area contributed by atoms with Gasteiger partial charge in [0, 0.05) is 12.1 Å². The van der Waals surface area contributed by atoms with Crippen molar-refractivity contribution in [3.63, 3.8) is 0 Å². The molecule has 2 nitrogen and oxygen atoms in total. The van der Waals surface area contributed by atoms with E-state index in [1.807, 2.05) is 36.4 Å². The zero-order valence-electron chi connectivity index (χ0n) is 10.6. The molecular weight excluding hydrogens is 220 g/mol. The van der Waals surface area contributed by atoms with Crippen LogP contribution in [-0.2, 0) is 6.54 Å². The second kappa shape index (κ2) is 6.60. The van der Waals surface area contributed by atoms with E-state index in [1.165, 1.54) is 5.56 Å². The maximum atomic E-state index is 4.66. The van der Waals surface area contributed by atoms with Gasteiger partial charge in [0.1, 0.15) is 5.84 Å². The minimum Gasteiger partial charge on any atom is -0.370 e. The molecule has 0 atom stereocenters. The first kappa shape index (κ1) is 12.4. The number of rotatable bonds is 4. The highest BCUT2D eigenvalue weighted by Gasteiger charge is 2.00. The van der Waals surface area contributed by atoms with Crippen molar-refractivity contribution in [1.82, 2.24) is 5.32 Å². The van der Waals surface area contributed by atoms with Crippen molar-refractivity contribution < 1.29 is 0 Å². The van der Waals surface area contributed by atoms with Crippen molar-refractivity contribution in [2.75, 3.05) is 6.54 Å². The Morgan fingerprint density at radius 1 is 0.944 bits per heavy atom. The standard InChI is InChI=1S/C16H18N2/c1-2-17-16(15-11-7-4-8-12-15)18-13-14-9-5-3-6-10-14/h3-12H,2,13H2,1H3,(H,17,18). The zero-order chi connectivity index (χ0) is 12.6. The van der Waals surface area contributed by atoms with E-state index in [2.05, 4.69) is 41.5 Å². The molecule has 0 heterocycles. The highest BCUT2D eigenvalue weighted by atomic mass is 15.0. The molecule has 0 unspecified atom stereocenters. The van der Waals surface area contributed by atoms with Gasteiger partial charge in [0.2, 0.25) is 0 Å². The van der Waals surface area contributed by atoms with E-state index >= 15 is 0 Å². The number of amidine groups is 1. The molecule has 0 aliphatic rings. The highest BCUT2D eigenvalue weighted by molar-refractivity contribution is 5.98. The van der Waals surface area contributed by atoms with E-state index in [4.69, 9.17) is 0 Å². The number of benzene rings is 2. The molecule has 92 valence electrons. The Balaban J connectivity index is 2.15. The molecule has 0 aliphatic heterocycles. The van der Waals surface area contributed by atoms with E-state index in [0.717, 1.165) is 17.9 Å². The van der Waals surface area contributed by atoms with Crippen LogP contribution in [-0.4, -0.2) is 12.4 Å². The molecule has 18 heavy (non-hydrogen) atoms. The summed E-state index contributed by atoms with van der Waals surface area (Å²) in [6.07, 6.45) is 0. The summed E-state index contributed by atoms with van der Waals surface area (Å²) in [4.78, 5) is 4.66. The van der Waals surface area contributed by atoms with Crippen LogP contribution < -0.4 is 5.32 Å². The lowest BCUT2D eigenvalue weighted by Crippen LogP contribution is -2.24. The third-order valence-electron chi connectivity index (χ3n) is 2.65. The van der Waals surface area contributed by atoms with Gasteiger partial charge in [-0.15, -0.1) is 0 Å². The predicted molar refractivity (Wildman–Crippen MR) is 76.8 cm³/mol. The van der Waals surface area contributed by atoms with Gasteiger partial charge in [0.25, 0.3) is 0 Å². The molecule has 2 rings (SSSR count). The first-order chi connectivity index (χ1) is 8.90. The summed E-state index contributed by atoms with van der Waals surface area (Å²) >= 11 is 0. The highest BCUT2D eigenvalue weighted by Crippen LogP contribution is 2.04.